The second-order valence-corrected chi connectivity index (χ2v) is 14.0. The van der Waals surface area contributed by atoms with Crippen LogP contribution in [0, 0.1) is 63.1 Å². The van der Waals surface area contributed by atoms with Crippen LogP contribution < -0.4 is 0 Å². The van der Waals surface area contributed by atoms with Gasteiger partial charge in [0.1, 0.15) is 6.10 Å². The summed E-state index contributed by atoms with van der Waals surface area (Å²) in [5.41, 5.74) is -0.174. The summed E-state index contributed by atoms with van der Waals surface area (Å²) >= 11 is 0. The minimum absolute atomic E-state index is 0.0312. The molecule has 4 fully saturated rings. The smallest absolute Gasteiger partial charge is 0.310 e. The van der Waals surface area contributed by atoms with E-state index in [0.717, 1.165) is 44.9 Å². The van der Waals surface area contributed by atoms with Crippen molar-refractivity contribution in [1.29, 1.82) is 0 Å². The molecule has 2 unspecified atom stereocenters. The third-order valence-corrected chi connectivity index (χ3v) is 13.2. The fraction of sp³-hybridized carbons (Fsp3) is 0.867. The molecule has 0 aromatic heterocycles. The quantitative estimate of drug-likeness (QED) is 0.472. The van der Waals surface area contributed by atoms with Gasteiger partial charge in [-0.1, -0.05) is 53.2 Å². The molecule has 0 amide bonds. The Labute approximate surface area is 210 Å². The highest BCUT2D eigenvalue weighted by atomic mass is 16.4. The van der Waals surface area contributed by atoms with Crippen molar-refractivity contribution in [3.05, 3.63) is 11.6 Å². The van der Waals surface area contributed by atoms with Gasteiger partial charge in [0.2, 0.25) is 0 Å². The average Bonchev–Trinajstić information content (AvgIpc) is 2.83. The molecular formula is C30H46O5. The van der Waals surface area contributed by atoms with Crippen LogP contribution >= 0.6 is 0 Å². The van der Waals surface area contributed by atoms with Gasteiger partial charge in [0, 0.05) is 11.3 Å². The van der Waals surface area contributed by atoms with E-state index in [1.807, 2.05) is 13.8 Å². The van der Waals surface area contributed by atoms with Crippen molar-refractivity contribution in [1.82, 2.24) is 0 Å². The number of aliphatic carboxylic acids is 1. The molecule has 0 aromatic rings. The predicted molar refractivity (Wildman–Crippen MR) is 134 cm³/mol. The number of fused-ring (bicyclic) bond motifs is 7. The zero-order valence-corrected chi connectivity index (χ0v) is 22.5. The highest BCUT2D eigenvalue weighted by molar-refractivity contribution is 5.87. The fourth-order valence-electron chi connectivity index (χ4n) is 10.4. The van der Waals surface area contributed by atoms with Gasteiger partial charge in [0.25, 0.3) is 0 Å². The van der Waals surface area contributed by atoms with Crippen LogP contribution in [-0.4, -0.2) is 39.8 Å². The molecule has 196 valence electrons. The number of carboxylic acid groups (broad SMARTS) is 1. The lowest BCUT2D eigenvalue weighted by Gasteiger charge is -2.69. The Morgan fingerprint density at radius 3 is 2.34 bits per heavy atom. The molecule has 0 aliphatic heterocycles. The first-order valence-electron chi connectivity index (χ1n) is 14.1. The molecule has 12 atom stereocenters. The van der Waals surface area contributed by atoms with Gasteiger partial charge in [-0.3, -0.25) is 9.59 Å². The second-order valence-electron chi connectivity index (χ2n) is 14.0. The summed E-state index contributed by atoms with van der Waals surface area (Å²) in [6, 6.07) is 0. The van der Waals surface area contributed by atoms with Crippen LogP contribution in [0.5, 0.6) is 0 Å². The van der Waals surface area contributed by atoms with E-state index in [2.05, 4.69) is 33.8 Å². The molecule has 4 saturated carbocycles. The van der Waals surface area contributed by atoms with E-state index < -0.39 is 22.9 Å². The Kier molecular flexibility index (Phi) is 5.74. The molecule has 0 bridgehead atoms. The third-order valence-electron chi connectivity index (χ3n) is 13.2. The Balaban J connectivity index is 1.61. The fourth-order valence-corrected chi connectivity index (χ4v) is 10.4. The van der Waals surface area contributed by atoms with E-state index in [-0.39, 0.29) is 46.9 Å². The van der Waals surface area contributed by atoms with Crippen LogP contribution in [0.1, 0.15) is 86.5 Å². The van der Waals surface area contributed by atoms with Crippen molar-refractivity contribution < 1.29 is 24.9 Å². The van der Waals surface area contributed by atoms with E-state index >= 15 is 0 Å². The van der Waals surface area contributed by atoms with Gasteiger partial charge in [0.15, 0.2) is 5.78 Å². The normalized spacial score (nSPS) is 55.7. The summed E-state index contributed by atoms with van der Waals surface area (Å²) < 4.78 is 0. The maximum atomic E-state index is 13.2. The summed E-state index contributed by atoms with van der Waals surface area (Å²) in [7, 11) is 0. The SMILES string of the molecule is C[C@@H]1CC[C@]2(C(=O)O)CC[C@]3(C)C(=CC[C@@H]4C5[C@@H](CC[C@]43C)[C@](C)(CO)[C@@H](O)C(=O)[C@@H]5C)C2[C@H]1C. The van der Waals surface area contributed by atoms with Crippen molar-refractivity contribution in [3.8, 4) is 0 Å². The molecule has 0 radical (unpaired) electrons. The first-order valence-corrected chi connectivity index (χ1v) is 14.1. The summed E-state index contributed by atoms with van der Waals surface area (Å²) in [5.74, 6) is 0.508. The monoisotopic (exact) mass is 486 g/mol. The van der Waals surface area contributed by atoms with Crippen molar-refractivity contribution in [2.45, 2.75) is 92.6 Å². The van der Waals surface area contributed by atoms with Gasteiger partial charge in [0.05, 0.1) is 12.0 Å². The summed E-state index contributed by atoms with van der Waals surface area (Å²) in [6.45, 7) is 13.1. The molecule has 5 aliphatic rings. The molecule has 0 saturated heterocycles. The topological polar surface area (TPSA) is 94.8 Å². The number of carbonyl (C=O) groups excluding carboxylic acids is 1. The Bertz CT molecular complexity index is 956. The molecule has 5 heteroatoms. The van der Waals surface area contributed by atoms with E-state index in [4.69, 9.17) is 0 Å². The maximum Gasteiger partial charge on any atom is 0.310 e. The van der Waals surface area contributed by atoms with Crippen LogP contribution in [0.25, 0.3) is 0 Å². The molecule has 0 aromatic carbocycles. The number of Topliss-reactive ketones (excluding diaryl/α,β-unsaturated/α-hetero) is 1. The van der Waals surface area contributed by atoms with Gasteiger partial charge < -0.3 is 15.3 Å². The largest absolute Gasteiger partial charge is 0.481 e. The Hall–Kier alpha value is -1.20. The molecule has 5 aliphatic carbocycles. The van der Waals surface area contributed by atoms with Crippen LogP contribution in [0.4, 0.5) is 0 Å². The summed E-state index contributed by atoms with van der Waals surface area (Å²) in [6.07, 6.45) is 7.43. The molecule has 3 N–H and O–H groups in total. The molecule has 0 spiro atoms. The minimum atomic E-state index is -1.10. The van der Waals surface area contributed by atoms with Crippen LogP contribution in [-0.2, 0) is 9.59 Å². The number of hydrogen-bond donors (Lipinski definition) is 3. The van der Waals surface area contributed by atoms with Gasteiger partial charge in [-0.05, 0) is 91.3 Å². The van der Waals surface area contributed by atoms with E-state index in [1.165, 1.54) is 5.57 Å². The lowest BCUT2D eigenvalue weighted by molar-refractivity contribution is -0.197. The van der Waals surface area contributed by atoms with Crippen molar-refractivity contribution >= 4 is 11.8 Å². The molecule has 5 nitrogen and oxygen atoms in total. The summed E-state index contributed by atoms with van der Waals surface area (Å²) in [5, 5.41) is 31.8. The van der Waals surface area contributed by atoms with Gasteiger partial charge in [-0.2, -0.15) is 0 Å². The first-order chi connectivity index (χ1) is 16.3. The van der Waals surface area contributed by atoms with Gasteiger partial charge >= 0.3 is 5.97 Å². The zero-order valence-electron chi connectivity index (χ0n) is 22.5. The minimum Gasteiger partial charge on any atom is -0.481 e. The van der Waals surface area contributed by atoms with Crippen molar-refractivity contribution in [2.24, 2.45) is 63.1 Å². The van der Waals surface area contributed by atoms with Gasteiger partial charge in [-0.25, -0.2) is 0 Å². The number of hydrogen-bond acceptors (Lipinski definition) is 4. The van der Waals surface area contributed by atoms with E-state index in [9.17, 15) is 24.9 Å². The number of rotatable bonds is 2. The molecular weight excluding hydrogens is 440 g/mol. The molecule has 0 heterocycles. The second kappa shape index (κ2) is 7.90. The van der Waals surface area contributed by atoms with E-state index in [0.29, 0.717) is 17.8 Å². The number of carboxylic acids is 1. The number of ketones is 1. The predicted octanol–water partition coefficient (Wildman–Crippen LogP) is 5.10. The van der Waals surface area contributed by atoms with Crippen molar-refractivity contribution in [3.63, 3.8) is 0 Å². The van der Waals surface area contributed by atoms with E-state index in [1.54, 1.807) is 0 Å². The van der Waals surface area contributed by atoms with Gasteiger partial charge in [-0.15, -0.1) is 0 Å². The van der Waals surface area contributed by atoms with Crippen LogP contribution in [0.15, 0.2) is 11.6 Å². The average molecular weight is 487 g/mol. The van der Waals surface area contributed by atoms with Crippen LogP contribution in [0.3, 0.4) is 0 Å². The molecule has 5 rings (SSSR count). The number of aliphatic hydroxyl groups excluding tert-OH is 2. The molecule has 35 heavy (non-hydrogen) atoms. The first kappa shape index (κ1) is 25.4. The number of allylic oxidation sites excluding steroid dienone is 2. The number of carbonyl (C=O) groups is 2. The lowest BCUT2D eigenvalue weighted by Crippen LogP contribution is -2.66. The Morgan fingerprint density at radius 1 is 1.03 bits per heavy atom. The number of aliphatic hydroxyl groups is 2. The van der Waals surface area contributed by atoms with Crippen LogP contribution in [0.2, 0.25) is 0 Å². The highest BCUT2D eigenvalue weighted by Gasteiger charge is 2.69. The maximum absolute atomic E-state index is 13.2. The van der Waals surface area contributed by atoms with Crippen molar-refractivity contribution in [2.75, 3.05) is 6.61 Å². The zero-order chi connectivity index (χ0) is 25.7. The Morgan fingerprint density at radius 2 is 1.71 bits per heavy atom. The highest BCUT2D eigenvalue weighted by Crippen LogP contribution is 2.73. The summed E-state index contributed by atoms with van der Waals surface area (Å²) in [4.78, 5) is 26.0. The lowest BCUT2D eigenvalue weighted by atomic mass is 9.35. The third kappa shape index (κ3) is 2.94. The standard InChI is InChI=1S/C30H46O5/c1-16-9-12-30(26(34)35)14-13-29(6)21(23(30)17(16)2)8-7-20-22-18(3)24(32)25(33)27(4,15-31)19(22)10-11-28(20,29)5/h8,16-20,22-23,25,31,33H,7,9-15H2,1-6H3,(H,34,35)/t16-,17+,18-,19-,20-,22?,23?,25+,27+,28-,29-,30+/m1/s1.